The first-order valence-electron chi connectivity index (χ1n) is 6.05. The molecule has 0 radical (unpaired) electrons. The van der Waals surface area contributed by atoms with Crippen molar-refractivity contribution in [3.8, 4) is 5.75 Å². The Morgan fingerprint density at radius 1 is 1.37 bits per heavy atom. The van der Waals surface area contributed by atoms with E-state index in [1.54, 1.807) is 43.3 Å². The normalized spacial score (nSPS) is 11.9. The van der Waals surface area contributed by atoms with Crippen molar-refractivity contribution in [1.29, 1.82) is 0 Å². The van der Waals surface area contributed by atoms with Crippen molar-refractivity contribution in [2.75, 3.05) is 33.0 Å². The molecule has 106 valence electrons. The zero-order valence-electron chi connectivity index (χ0n) is 11.3. The van der Waals surface area contributed by atoms with Crippen LogP contribution in [0.25, 0.3) is 0 Å². The molecule has 0 aliphatic carbocycles. The molecule has 1 aromatic carbocycles. The zero-order valence-corrected chi connectivity index (χ0v) is 12.1. The number of ether oxygens (including phenoxy) is 1. The van der Waals surface area contributed by atoms with E-state index in [1.807, 2.05) is 0 Å². The smallest absolute Gasteiger partial charge is 0.235 e. The molecule has 1 amide bonds. The van der Waals surface area contributed by atoms with Crippen molar-refractivity contribution in [1.82, 2.24) is 4.90 Å². The first-order valence-corrected chi connectivity index (χ1v) is 7.37. The minimum absolute atomic E-state index is 0.00655. The summed E-state index contributed by atoms with van der Waals surface area (Å²) in [5.74, 6) is 0.558. The van der Waals surface area contributed by atoms with E-state index < -0.39 is 10.8 Å². The van der Waals surface area contributed by atoms with Gasteiger partial charge in [-0.25, -0.2) is 0 Å². The molecule has 6 heteroatoms. The Kier molecular flexibility index (Phi) is 6.52. The van der Waals surface area contributed by atoms with Gasteiger partial charge in [0.25, 0.3) is 0 Å². The molecule has 0 bridgehead atoms. The lowest BCUT2D eigenvalue weighted by atomic mass is 10.3. The maximum atomic E-state index is 12.0. The van der Waals surface area contributed by atoms with E-state index in [2.05, 4.69) is 0 Å². The molecule has 19 heavy (non-hydrogen) atoms. The predicted octanol–water partition coefficient (Wildman–Crippen LogP) is 0.610. The Hall–Kier alpha value is -1.40. The van der Waals surface area contributed by atoms with E-state index in [-0.39, 0.29) is 11.7 Å². The fourth-order valence-electron chi connectivity index (χ4n) is 1.49. The summed E-state index contributed by atoms with van der Waals surface area (Å²) >= 11 is 0. The third kappa shape index (κ3) is 5.00. The van der Waals surface area contributed by atoms with E-state index in [4.69, 9.17) is 10.5 Å². The summed E-state index contributed by atoms with van der Waals surface area (Å²) in [6, 6.07) is 6.88. The largest absolute Gasteiger partial charge is 0.497 e. The molecule has 1 atom stereocenters. The van der Waals surface area contributed by atoms with Crippen LogP contribution in [0.1, 0.15) is 6.42 Å². The van der Waals surface area contributed by atoms with Crippen LogP contribution in [0.15, 0.2) is 29.2 Å². The molecule has 0 aromatic heterocycles. The van der Waals surface area contributed by atoms with Crippen molar-refractivity contribution in [2.45, 2.75) is 11.3 Å². The molecule has 5 nitrogen and oxygen atoms in total. The number of methoxy groups -OCH3 is 1. The summed E-state index contributed by atoms with van der Waals surface area (Å²) in [6.45, 7) is 1.13. The molecule has 0 fully saturated rings. The molecule has 1 unspecified atom stereocenters. The highest BCUT2D eigenvalue weighted by atomic mass is 32.2. The van der Waals surface area contributed by atoms with Crippen molar-refractivity contribution in [3.63, 3.8) is 0 Å². The average Bonchev–Trinajstić information content (AvgIpc) is 2.44. The first-order chi connectivity index (χ1) is 9.08. The topological polar surface area (TPSA) is 72.6 Å². The Labute approximate surface area is 116 Å². The van der Waals surface area contributed by atoms with Crippen molar-refractivity contribution >= 4 is 16.7 Å². The SMILES string of the molecule is COc1ccc(S(=O)CC(=O)N(C)CCCN)cc1. The van der Waals surface area contributed by atoms with Crippen LogP contribution in [0.5, 0.6) is 5.75 Å². The number of carbonyl (C=O) groups is 1. The molecule has 0 saturated carbocycles. The number of carbonyl (C=O) groups excluding carboxylic acids is 1. The van der Waals surface area contributed by atoms with Crippen molar-refractivity contribution < 1.29 is 13.7 Å². The van der Waals surface area contributed by atoms with Crippen LogP contribution in [-0.2, 0) is 15.6 Å². The number of nitrogens with zero attached hydrogens (tertiary/aromatic N) is 1. The molecule has 0 saturated heterocycles. The van der Waals surface area contributed by atoms with Crippen LogP contribution in [0, 0.1) is 0 Å². The molecule has 0 aliphatic heterocycles. The van der Waals surface area contributed by atoms with E-state index in [9.17, 15) is 9.00 Å². The van der Waals surface area contributed by atoms with Gasteiger partial charge in [0.2, 0.25) is 5.91 Å². The average molecular weight is 284 g/mol. The van der Waals surface area contributed by atoms with Crippen LogP contribution >= 0.6 is 0 Å². The summed E-state index contributed by atoms with van der Waals surface area (Å²) in [6.07, 6.45) is 0.747. The lowest BCUT2D eigenvalue weighted by molar-refractivity contribution is -0.127. The van der Waals surface area contributed by atoms with Crippen LogP contribution in [0.4, 0.5) is 0 Å². The highest BCUT2D eigenvalue weighted by Gasteiger charge is 2.14. The molecular formula is C13H20N2O3S. The second kappa shape index (κ2) is 7.91. The molecule has 1 rings (SSSR count). The highest BCUT2D eigenvalue weighted by Crippen LogP contribution is 2.14. The quantitative estimate of drug-likeness (QED) is 0.796. The van der Waals surface area contributed by atoms with E-state index in [0.29, 0.717) is 23.7 Å². The monoisotopic (exact) mass is 284 g/mol. The third-order valence-corrected chi connectivity index (χ3v) is 4.01. The number of hydrogen-bond acceptors (Lipinski definition) is 4. The fraction of sp³-hybridized carbons (Fsp3) is 0.462. The van der Waals surface area contributed by atoms with Gasteiger partial charge in [-0.15, -0.1) is 0 Å². The summed E-state index contributed by atoms with van der Waals surface area (Å²) < 4.78 is 17.1. The van der Waals surface area contributed by atoms with Gasteiger partial charge in [0.15, 0.2) is 0 Å². The lowest BCUT2D eigenvalue weighted by Gasteiger charge is -2.16. The van der Waals surface area contributed by atoms with Gasteiger partial charge in [0.1, 0.15) is 11.5 Å². The third-order valence-electron chi connectivity index (χ3n) is 2.70. The summed E-state index contributed by atoms with van der Waals surface area (Å²) in [5.41, 5.74) is 5.39. The number of nitrogens with two attached hydrogens (primary N) is 1. The van der Waals surface area contributed by atoms with Gasteiger partial charge in [-0.3, -0.25) is 9.00 Å². The van der Waals surface area contributed by atoms with Gasteiger partial charge in [0.05, 0.1) is 17.9 Å². The van der Waals surface area contributed by atoms with Crippen molar-refractivity contribution in [2.24, 2.45) is 5.73 Å². The number of amides is 1. The Bertz CT molecular complexity index is 434. The molecule has 0 spiro atoms. The maximum Gasteiger partial charge on any atom is 0.235 e. The lowest BCUT2D eigenvalue weighted by Crippen LogP contribution is -2.32. The van der Waals surface area contributed by atoms with Gasteiger partial charge in [-0.1, -0.05) is 0 Å². The van der Waals surface area contributed by atoms with Gasteiger partial charge in [0, 0.05) is 18.5 Å². The van der Waals surface area contributed by atoms with Gasteiger partial charge >= 0.3 is 0 Å². The summed E-state index contributed by atoms with van der Waals surface area (Å²) in [4.78, 5) is 14.0. The number of rotatable bonds is 7. The summed E-state index contributed by atoms with van der Waals surface area (Å²) in [7, 11) is 1.94. The van der Waals surface area contributed by atoms with Gasteiger partial charge in [-0.2, -0.15) is 0 Å². The molecule has 0 heterocycles. The van der Waals surface area contributed by atoms with Crippen molar-refractivity contribution in [3.05, 3.63) is 24.3 Å². The minimum atomic E-state index is -1.33. The number of benzene rings is 1. The second-order valence-corrected chi connectivity index (χ2v) is 5.57. The first kappa shape index (κ1) is 15.7. The van der Waals surface area contributed by atoms with Crippen LogP contribution < -0.4 is 10.5 Å². The molecule has 1 aromatic rings. The van der Waals surface area contributed by atoms with Crippen LogP contribution in [-0.4, -0.2) is 48.0 Å². The molecule has 0 aliphatic rings. The maximum absolute atomic E-state index is 12.0. The summed E-state index contributed by atoms with van der Waals surface area (Å²) in [5, 5.41) is 0. The van der Waals surface area contributed by atoms with E-state index >= 15 is 0 Å². The van der Waals surface area contributed by atoms with E-state index in [1.165, 1.54) is 0 Å². The molecule has 2 N–H and O–H groups in total. The van der Waals surface area contributed by atoms with Crippen LogP contribution in [0.2, 0.25) is 0 Å². The van der Waals surface area contributed by atoms with Gasteiger partial charge in [-0.05, 0) is 37.2 Å². The highest BCUT2D eigenvalue weighted by molar-refractivity contribution is 7.85. The van der Waals surface area contributed by atoms with Crippen LogP contribution in [0.3, 0.4) is 0 Å². The van der Waals surface area contributed by atoms with Gasteiger partial charge < -0.3 is 15.4 Å². The Morgan fingerprint density at radius 3 is 2.53 bits per heavy atom. The number of hydrogen-bond donors (Lipinski definition) is 1. The fourth-order valence-corrected chi connectivity index (χ4v) is 2.54. The zero-order chi connectivity index (χ0) is 14.3. The van der Waals surface area contributed by atoms with E-state index in [0.717, 1.165) is 6.42 Å². The Morgan fingerprint density at radius 2 is 2.00 bits per heavy atom. The second-order valence-electron chi connectivity index (χ2n) is 4.12. The minimum Gasteiger partial charge on any atom is -0.497 e. The Balaban J connectivity index is 2.55. The molecular weight excluding hydrogens is 264 g/mol. The standard InChI is InChI=1S/C13H20N2O3S/c1-15(9-3-8-14)13(16)10-19(17)12-6-4-11(18-2)5-7-12/h4-7H,3,8-10,14H2,1-2H3. The predicted molar refractivity (Wildman–Crippen MR) is 75.6 cm³/mol.